The van der Waals surface area contributed by atoms with Gasteiger partial charge in [0.05, 0.1) is 32.8 Å². The molecule has 9 nitrogen and oxygen atoms in total. The zero-order valence-corrected chi connectivity index (χ0v) is 17.5. The number of carbonyl (C=O) groups is 1. The van der Waals surface area contributed by atoms with Crippen molar-refractivity contribution in [3.8, 4) is 23.0 Å². The number of amides is 1. The van der Waals surface area contributed by atoms with Gasteiger partial charge in [-0.3, -0.25) is 4.79 Å². The monoisotopic (exact) mass is 431 g/mol. The fraction of sp³-hybridized carbons (Fsp3) is 0.250. The van der Waals surface area contributed by atoms with Crippen LogP contribution in [0.15, 0.2) is 52.1 Å². The summed E-state index contributed by atoms with van der Waals surface area (Å²) in [6.07, 6.45) is 0. The Morgan fingerprint density at radius 1 is 1.00 bits per heavy atom. The molecule has 0 spiro atoms. The maximum Gasteiger partial charge on any atom is 0.277 e. The number of thioether (sulfide) groups is 1. The van der Waals surface area contributed by atoms with Crippen LogP contribution in [0.4, 0.5) is 5.69 Å². The normalized spacial score (nSPS) is 10.4. The largest absolute Gasteiger partial charge is 0.497 e. The number of hydrogen-bond acceptors (Lipinski definition) is 9. The van der Waals surface area contributed by atoms with E-state index in [1.807, 2.05) is 12.1 Å². The molecule has 0 saturated carbocycles. The van der Waals surface area contributed by atoms with Gasteiger partial charge in [0, 0.05) is 12.1 Å². The molecule has 0 aliphatic carbocycles. The van der Waals surface area contributed by atoms with E-state index in [0.29, 0.717) is 34.6 Å². The van der Waals surface area contributed by atoms with Crippen molar-refractivity contribution >= 4 is 23.4 Å². The lowest BCUT2D eigenvalue weighted by Gasteiger charge is -2.11. The van der Waals surface area contributed by atoms with Crippen LogP contribution in [0.2, 0.25) is 0 Å². The minimum absolute atomic E-state index is 0.0821. The summed E-state index contributed by atoms with van der Waals surface area (Å²) in [4.78, 5) is 12.3. The molecule has 10 heteroatoms. The Morgan fingerprint density at radius 2 is 1.77 bits per heavy atom. The molecule has 0 aliphatic heterocycles. The van der Waals surface area contributed by atoms with Gasteiger partial charge < -0.3 is 28.7 Å². The Kier molecular flexibility index (Phi) is 7.39. The van der Waals surface area contributed by atoms with Crippen molar-refractivity contribution in [3.63, 3.8) is 0 Å². The fourth-order valence-electron chi connectivity index (χ4n) is 2.42. The van der Waals surface area contributed by atoms with Gasteiger partial charge in [-0.15, -0.1) is 10.2 Å². The predicted molar refractivity (Wildman–Crippen MR) is 111 cm³/mol. The third kappa shape index (κ3) is 5.80. The van der Waals surface area contributed by atoms with Gasteiger partial charge in [-0.1, -0.05) is 17.8 Å². The number of ether oxygens (including phenoxy) is 4. The Labute approximate surface area is 177 Å². The molecular formula is C20H21N3O6S. The summed E-state index contributed by atoms with van der Waals surface area (Å²) in [5, 5.41) is 10.9. The molecule has 0 saturated heterocycles. The average Bonchev–Trinajstić information content (AvgIpc) is 3.24. The second kappa shape index (κ2) is 10.4. The van der Waals surface area contributed by atoms with Gasteiger partial charge >= 0.3 is 0 Å². The van der Waals surface area contributed by atoms with Gasteiger partial charge in [0.15, 0.2) is 6.61 Å². The Morgan fingerprint density at radius 3 is 2.53 bits per heavy atom. The maximum absolute atomic E-state index is 12.3. The molecule has 0 radical (unpaired) electrons. The van der Waals surface area contributed by atoms with Crippen molar-refractivity contribution in [1.29, 1.82) is 0 Å². The van der Waals surface area contributed by atoms with Gasteiger partial charge in [0.25, 0.3) is 11.1 Å². The standard InChI is InChI=1S/C20H21N3O6S/c1-25-13-5-4-6-15(9-13)28-11-19-22-23-20(29-19)30-12-18(24)21-16-10-14(26-2)7-8-17(16)27-3/h4-10H,11-12H2,1-3H3,(H,21,24). The highest BCUT2D eigenvalue weighted by Gasteiger charge is 2.13. The van der Waals surface area contributed by atoms with Gasteiger partial charge in [-0.2, -0.15) is 0 Å². The molecule has 1 N–H and O–H groups in total. The summed E-state index contributed by atoms with van der Waals surface area (Å²) in [7, 11) is 4.66. The summed E-state index contributed by atoms with van der Waals surface area (Å²) in [5.74, 6) is 2.58. The molecule has 0 bridgehead atoms. The quantitative estimate of drug-likeness (QED) is 0.484. The van der Waals surface area contributed by atoms with Crippen molar-refractivity contribution in [2.24, 2.45) is 0 Å². The maximum atomic E-state index is 12.3. The predicted octanol–water partition coefficient (Wildman–Crippen LogP) is 3.41. The molecule has 2 aromatic carbocycles. The number of hydrogen-bond donors (Lipinski definition) is 1. The lowest BCUT2D eigenvalue weighted by atomic mass is 10.2. The zero-order valence-electron chi connectivity index (χ0n) is 16.7. The lowest BCUT2D eigenvalue weighted by Crippen LogP contribution is -2.14. The van der Waals surface area contributed by atoms with E-state index < -0.39 is 0 Å². The van der Waals surface area contributed by atoms with Crippen molar-refractivity contribution in [2.75, 3.05) is 32.4 Å². The van der Waals surface area contributed by atoms with Gasteiger partial charge in [-0.25, -0.2) is 0 Å². The van der Waals surface area contributed by atoms with Crippen LogP contribution in [0, 0.1) is 0 Å². The number of nitrogens with one attached hydrogen (secondary N) is 1. The summed E-state index contributed by atoms with van der Waals surface area (Å²) < 4.78 is 26.7. The highest BCUT2D eigenvalue weighted by atomic mass is 32.2. The molecule has 3 aromatic rings. The molecule has 1 amide bonds. The van der Waals surface area contributed by atoms with Crippen LogP contribution in [-0.2, 0) is 11.4 Å². The summed E-state index contributed by atoms with van der Waals surface area (Å²) in [6, 6.07) is 12.3. The number of aromatic nitrogens is 2. The van der Waals surface area contributed by atoms with Crippen molar-refractivity contribution < 1.29 is 28.2 Å². The number of anilines is 1. The molecule has 158 valence electrons. The van der Waals surface area contributed by atoms with E-state index in [-0.39, 0.29) is 23.5 Å². The molecule has 1 heterocycles. The smallest absolute Gasteiger partial charge is 0.277 e. The van der Waals surface area contributed by atoms with Crippen LogP contribution in [0.5, 0.6) is 23.0 Å². The van der Waals surface area contributed by atoms with E-state index in [2.05, 4.69) is 15.5 Å². The Bertz CT molecular complexity index is 994. The highest BCUT2D eigenvalue weighted by molar-refractivity contribution is 7.99. The van der Waals surface area contributed by atoms with Crippen molar-refractivity contribution in [2.45, 2.75) is 11.8 Å². The van der Waals surface area contributed by atoms with E-state index in [1.165, 1.54) is 7.11 Å². The second-order valence-corrected chi connectivity index (χ2v) is 6.76. The topological polar surface area (TPSA) is 105 Å². The molecule has 1 aromatic heterocycles. The summed E-state index contributed by atoms with van der Waals surface area (Å²) in [5.41, 5.74) is 0.514. The third-order valence-corrected chi connectivity index (χ3v) is 4.68. The lowest BCUT2D eigenvalue weighted by molar-refractivity contribution is -0.113. The Balaban J connectivity index is 1.51. The third-order valence-electron chi connectivity index (χ3n) is 3.86. The van der Waals surface area contributed by atoms with Crippen LogP contribution < -0.4 is 24.3 Å². The van der Waals surface area contributed by atoms with Crippen molar-refractivity contribution in [1.82, 2.24) is 10.2 Å². The van der Waals surface area contributed by atoms with Crippen LogP contribution in [0.3, 0.4) is 0 Å². The van der Waals surface area contributed by atoms with Crippen LogP contribution in [-0.4, -0.2) is 43.2 Å². The molecular weight excluding hydrogens is 410 g/mol. The van der Waals surface area contributed by atoms with E-state index in [0.717, 1.165) is 11.8 Å². The van der Waals surface area contributed by atoms with Crippen LogP contribution in [0.1, 0.15) is 5.89 Å². The summed E-state index contributed by atoms with van der Waals surface area (Å²) in [6.45, 7) is 0.105. The van der Waals surface area contributed by atoms with Gasteiger partial charge in [-0.05, 0) is 24.3 Å². The molecule has 0 aliphatic rings. The molecule has 3 rings (SSSR count). The van der Waals surface area contributed by atoms with Gasteiger partial charge in [0.1, 0.15) is 23.0 Å². The molecule has 0 atom stereocenters. The first kappa shape index (κ1) is 21.3. The highest BCUT2D eigenvalue weighted by Crippen LogP contribution is 2.29. The first-order chi connectivity index (χ1) is 14.6. The minimum Gasteiger partial charge on any atom is -0.497 e. The average molecular weight is 431 g/mol. The van der Waals surface area contributed by atoms with Crippen LogP contribution >= 0.6 is 11.8 Å². The van der Waals surface area contributed by atoms with Crippen LogP contribution in [0.25, 0.3) is 0 Å². The van der Waals surface area contributed by atoms with E-state index in [4.69, 9.17) is 23.4 Å². The number of benzene rings is 2. The first-order valence-electron chi connectivity index (χ1n) is 8.85. The molecule has 30 heavy (non-hydrogen) atoms. The number of rotatable bonds is 10. The number of methoxy groups -OCH3 is 3. The minimum atomic E-state index is -0.251. The summed E-state index contributed by atoms with van der Waals surface area (Å²) >= 11 is 1.12. The first-order valence-corrected chi connectivity index (χ1v) is 9.83. The molecule has 0 fully saturated rings. The second-order valence-electron chi connectivity index (χ2n) is 5.83. The zero-order chi connectivity index (χ0) is 21.3. The van der Waals surface area contributed by atoms with E-state index in [9.17, 15) is 4.79 Å². The molecule has 0 unspecified atom stereocenters. The SMILES string of the molecule is COc1cccc(OCc2nnc(SCC(=O)Nc3cc(OC)ccc3OC)o2)c1. The van der Waals surface area contributed by atoms with Crippen molar-refractivity contribution in [3.05, 3.63) is 48.4 Å². The van der Waals surface area contributed by atoms with Gasteiger partial charge in [0.2, 0.25) is 5.91 Å². The Hall–Kier alpha value is -3.40. The van der Waals surface area contributed by atoms with E-state index in [1.54, 1.807) is 44.6 Å². The number of nitrogens with zero attached hydrogens (tertiary/aromatic N) is 2. The number of carbonyl (C=O) groups excluding carboxylic acids is 1. The van der Waals surface area contributed by atoms with E-state index >= 15 is 0 Å². The fourth-order valence-corrected chi connectivity index (χ4v) is 3.00.